The smallest absolute Gasteiger partial charge is 0.303 e. The summed E-state index contributed by atoms with van der Waals surface area (Å²) >= 11 is 0. The van der Waals surface area contributed by atoms with Crippen LogP contribution in [0.3, 0.4) is 0 Å². The van der Waals surface area contributed by atoms with Crippen LogP contribution in [0.15, 0.2) is 66.7 Å². The van der Waals surface area contributed by atoms with Crippen LogP contribution in [0.1, 0.15) is 43.4 Å². The minimum atomic E-state index is -1.76. The second-order valence-corrected chi connectivity index (χ2v) is 17.7. The third-order valence-corrected chi connectivity index (χ3v) is 12.8. The van der Waals surface area contributed by atoms with Crippen molar-refractivity contribution >= 4 is 41.4 Å². The van der Waals surface area contributed by atoms with E-state index in [1.807, 2.05) is 0 Å². The number of likely N-dealkylation sites (N-methyl/N-ethyl adjacent to an activating group) is 3. The topological polar surface area (TPSA) is 303 Å². The summed E-state index contributed by atoms with van der Waals surface area (Å²) in [6, 6.07) is 9.43. The van der Waals surface area contributed by atoms with E-state index < -0.39 is 128 Å². The Morgan fingerprint density at radius 1 is 0.714 bits per heavy atom. The molecule has 4 aliphatic heterocycles. The van der Waals surface area contributed by atoms with Crippen LogP contribution < -0.4 is 30.2 Å². The molecule has 0 unspecified atom stereocenters. The van der Waals surface area contributed by atoms with Gasteiger partial charge in [0.05, 0.1) is 13.7 Å². The lowest BCUT2D eigenvalue weighted by Gasteiger charge is -2.39. The standard InChI is InChI=1S/C48H60N6O16/c1-24-42(61)51-31(16-18-38(56)57)46(65)52(3)32(19-26-7-12-29(67-6)13-8-26)44(63)50-25(2)45(64)54(5)34-20-27-9-14-30(15-10-27)68-36-22-28(21-33(43(62)49-24)53(4)47(34)66)11-17-35(36)69-48-41(60)40(59)39(58)37(23-55)70-48/h7-15,17,22,24-25,31-34,37,39-41,48,55,58-60H,16,18-21,23H2,1-6H3,(H,49,62)(H,50,63)(H,51,61)(H,56,57)/t24-,25+,31+,32+,33-,34+,37+,39+,40-,41+,48+/m1/s1. The molecular formula is C48H60N6O16. The Hall–Kier alpha value is -6.85. The van der Waals surface area contributed by atoms with E-state index in [0.29, 0.717) is 22.4 Å². The fourth-order valence-electron chi connectivity index (χ4n) is 8.41. The van der Waals surface area contributed by atoms with Gasteiger partial charge in [-0.3, -0.25) is 33.6 Å². The number of aliphatic hydroxyl groups excluding tert-OH is 4. The van der Waals surface area contributed by atoms with Crippen LogP contribution in [0.5, 0.6) is 23.0 Å². The van der Waals surface area contributed by atoms with Gasteiger partial charge in [-0.25, -0.2) is 0 Å². The van der Waals surface area contributed by atoms with Crippen molar-refractivity contribution in [3.05, 3.63) is 83.4 Å². The summed E-state index contributed by atoms with van der Waals surface area (Å²) in [6.07, 6.45) is -9.39. The number of carboxylic acid groups (broad SMARTS) is 1. The summed E-state index contributed by atoms with van der Waals surface area (Å²) in [5.41, 5.74) is 1.51. The summed E-state index contributed by atoms with van der Waals surface area (Å²) in [6.45, 7) is 2.04. The van der Waals surface area contributed by atoms with Crippen molar-refractivity contribution in [1.82, 2.24) is 30.7 Å². The quantitative estimate of drug-likeness (QED) is 0.126. The van der Waals surface area contributed by atoms with Gasteiger partial charge in [0.25, 0.3) is 0 Å². The molecule has 3 aromatic rings. The van der Waals surface area contributed by atoms with Crippen molar-refractivity contribution in [3.8, 4) is 23.0 Å². The van der Waals surface area contributed by atoms with Gasteiger partial charge in [-0.15, -0.1) is 0 Å². The monoisotopic (exact) mass is 976 g/mol. The molecule has 0 radical (unpaired) electrons. The van der Waals surface area contributed by atoms with E-state index in [4.69, 9.17) is 18.9 Å². The second-order valence-electron chi connectivity index (χ2n) is 17.7. The SMILES string of the molecule is COc1ccc(C[C@H]2C(=O)N[C@@H](C)C(=O)N(C)[C@H]3Cc4ccc(cc4)Oc4cc(ccc4O[C@H]4O[C@@H](CO)[C@H](O)[C@@H](O)[C@@H]4O)C[C@H](C(=O)N[C@H](C)C(=O)N[C@@H](CCC(=O)O)C(=O)N2C)N(C)C3=O)cc1. The number of benzene rings is 3. The molecular weight excluding hydrogens is 917 g/mol. The lowest BCUT2D eigenvalue weighted by Crippen LogP contribution is -2.62. The molecule has 7 rings (SSSR count). The van der Waals surface area contributed by atoms with Gasteiger partial charge in [-0.05, 0) is 73.4 Å². The predicted molar refractivity (Wildman–Crippen MR) is 245 cm³/mol. The van der Waals surface area contributed by atoms with Crippen LogP contribution in [0.25, 0.3) is 0 Å². The van der Waals surface area contributed by atoms with Crippen molar-refractivity contribution in [2.45, 2.75) is 113 Å². The number of nitrogens with one attached hydrogen (secondary N) is 3. The van der Waals surface area contributed by atoms with Gasteiger partial charge < -0.3 is 75.1 Å². The average Bonchev–Trinajstić information content (AvgIpc) is 3.34. The Kier molecular flexibility index (Phi) is 17.0. The summed E-state index contributed by atoms with van der Waals surface area (Å²) < 4.78 is 23.1. The molecule has 378 valence electrons. The molecule has 6 bridgehead atoms. The molecule has 3 aromatic carbocycles. The van der Waals surface area contributed by atoms with Gasteiger partial charge in [0.1, 0.15) is 72.2 Å². The first kappa shape index (κ1) is 52.5. The normalized spacial score (nSPS) is 28.4. The highest BCUT2D eigenvalue weighted by Crippen LogP contribution is 2.36. The molecule has 0 spiro atoms. The molecule has 22 nitrogen and oxygen atoms in total. The van der Waals surface area contributed by atoms with E-state index in [1.54, 1.807) is 48.5 Å². The molecule has 2 saturated heterocycles. The maximum absolute atomic E-state index is 14.9. The zero-order valence-corrected chi connectivity index (χ0v) is 39.5. The molecule has 11 atom stereocenters. The first-order valence-electron chi connectivity index (χ1n) is 22.6. The number of ether oxygens (including phenoxy) is 4. The summed E-state index contributed by atoms with van der Waals surface area (Å²) in [4.78, 5) is 102. The molecule has 6 amide bonds. The second kappa shape index (κ2) is 22.7. The number of hydrogen-bond donors (Lipinski definition) is 8. The Bertz CT molecular complexity index is 2400. The number of methoxy groups -OCH3 is 1. The van der Waals surface area contributed by atoms with E-state index in [2.05, 4.69) is 16.0 Å². The number of rotatable bonds is 9. The molecule has 70 heavy (non-hydrogen) atoms. The van der Waals surface area contributed by atoms with Crippen molar-refractivity contribution < 1.29 is 78.0 Å². The van der Waals surface area contributed by atoms with Gasteiger partial charge in [-0.2, -0.15) is 0 Å². The fraction of sp³-hybridized carbons (Fsp3) is 0.479. The molecule has 8 N–H and O–H groups in total. The highest BCUT2D eigenvalue weighted by molar-refractivity contribution is 5.98. The van der Waals surface area contributed by atoms with Crippen LogP contribution >= 0.6 is 0 Å². The van der Waals surface area contributed by atoms with Crippen molar-refractivity contribution in [2.24, 2.45) is 0 Å². The highest BCUT2D eigenvalue weighted by atomic mass is 16.7. The lowest BCUT2D eigenvalue weighted by molar-refractivity contribution is -0.277. The maximum Gasteiger partial charge on any atom is 0.303 e. The summed E-state index contributed by atoms with van der Waals surface area (Å²) in [5, 5.41) is 58.7. The molecule has 0 aromatic heterocycles. The van der Waals surface area contributed by atoms with Crippen molar-refractivity contribution in [1.29, 1.82) is 0 Å². The van der Waals surface area contributed by atoms with Gasteiger partial charge in [0.15, 0.2) is 11.5 Å². The summed E-state index contributed by atoms with van der Waals surface area (Å²) in [5.74, 6) is -5.18. The van der Waals surface area contributed by atoms with E-state index in [1.165, 1.54) is 65.2 Å². The number of carbonyl (C=O) groups is 7. The minimum Gasteiger partial charge on any atom is -0.497 e. The third kappa shape index (κ3) is 12.1. The van der Waals surface area contributed by atoms with Crippen LogP contribution in [-0.2, 0) is 57.6 Å². The van der Waals surface area contributed by atoms with Crippen LogP contribution in [0, 0.1) is 0 Å². The third-order valence-electron chi connectivity index (χ3n) is 12.8. The summed E-state index contributed by atoms with van der Waals surface area (Å²) in [7, 11) is 5.55. The largest absolute Gasteiger partial charge is 0.497 e. The number of nitrogens with zero attached hydrogens (tertiary/aromatic N) is 3. The number of aliphatic carboxylic acids is 1. The van der Waals surface area contributed by atoms with Crippen LogP contribution in [-0.4, -0.2) is 183 Å². The van der Waals surface area contributed by atoms with E-state index in [0.717, 1.165) is 9.80 Å². The van der Waals surface area contributed by atoms with Crippen molar-refractivity contribution in [2.75, 3.05) is 34.9 Å². The van der Waals surface area contributed by atoms with Gasteiger partial charge in [0.2, 0.25) is 41.7 Å². The van der Waals surface area contributed by atoms with Crippen LogP contribution in [0.2, 0.25) is 0 Å². The van der Waals surface area contributed by atoms with Gasteiger partial charge in [0, 0.05) is 46.8 Å². The van der Waals surface area contributed by atoms with Crippen molar-refractivity contribution in [3.63, 3.8) is 0 Å². The number of hydrogen-bond acceptors (Lipinski definition) is 15. The maximum atomic E-state index is 14.9. The number of aliphatic hydroxyl groups is 4. The van der Waals surface area contributed by atoms with Crippen LogP contribution in [0.4, 0.5) is 0 Å². The molecule has 0 aliphatic carbocycles. The average molecular weight is 977 g/mol. The van der Waals surface area contributed by atoms with E-state index in [-0.39, 0.29) is 36.5 Å². The molecule has 22 heteroatoms. The first-order valence-corrected chi connectivity index (χ1v) is 22.6. The van der Waals surface area contributed by atoms with Gasteiger partial charge in [-0.1, -0.05) is 30.3 Å². The molecule has 0 saturated carbocycles. The number of carboxylic acids is 1. The molecule has 4 heterocycles. The molecule has 4 aliphatic rings. The predicted octanol–water partition coefficient (Wildman–Crippen LogP) is -1.14. The number of carbonyl (C=O) groups excluding carboxylic acids is 6. The van der Waals surface area contributed by atoms with E-state index >= 15 is 0 Å². The molecule has 2 fully saturated rings. The van der Waals surface area contributed by atoms with Gasteiger partial charge >= 0.3 is 5.97 Å². The number of amides is 6. The first-order chi connectivity index (χ1) is 33.2. The Balaban J connectivity index is 1.41. The zero-order chi connectivity index (χ0) is 51.1. The fourth-order valence-corrected chi connectivity index (χ4v) is 8.41. The van der Waals surface area contributed by atoms with E-state index in [9.17, 15) is 59.1 Å². The zero-order valence-electron chi connectivity index (χ0n) is 39.5. The Labute approximate surface area is 403 Å². The highest BCUT2D eigenvalue weighted by Gasteiger charge is 2.45. The number of fused-ring (bicyclic) bond motifs is 2. The Morgan fingerprint density at radius 3 is 1.99 bits per heavy atom. The minimum absolute atomic E-state index is 0.0223. The Morgan fingerprint density at radius 2 is 1.34 bits per heavy atom. The lowest BCUT2D eigenvalue weighted by atomic mass is 9.98.